The first-order chi connectivity index (χ1) is 16.7. The molecule has 1 aromatic heterocycles. The molecule has 0 bridgehead atoms. The minimum atomic E-state index is -0.0505. The monoisotopic (exact) mass is 451 g/mol. The fourth-order valence-corrected chi connectivity index (χ4v) is 3.80. The third kappa shape index (κ3) is 6.94. The normalized spacial score (nSPS) is 10.6. The van der Waals surface area contributed by atoms with Crippen molar-refractivity contribution in [2.24, 2.45) is 0 Å². The number of aromatic nitrogens is 1. The van der Waals surface area contributed by atoms with Crippen LogP contribution in [0.1, 0.15) is 28.7 Å². The van der Waals surface area contributed by atoms with Crippen molar-refractivity contribution in [2.75, 3.05) is 11.1 Å². The molecule has 0 atom stereocenters. The molecule has 34 heavy (non-hydrogen) atoms. The van der Waals surface area contributed by atoms with E-state index in [1.165, 1.54) is 5.56 Å². The van der Waals surface area contributed by atoms with E-state index in [4.69, 9.17) is 10.5 Å². The highest BCUT2D eigenvalue weighted by Gasteiger charge is 2.07. The van der Waals surface area contributed by atoms with Gasteiger partial charge in [-0.3, -0.25) is 9.78 Å². The summed E-state index contributed by atoms with van der Waals surface area (Å²) >= 11 is 0. The Bertz CT molecular complexity index is 1190. The number of anilines is 2. The Morgan fingerprint density at radius 1 is 0.853 bits per heavy atom. The van der Waals surface area contributed by atoms with Gasteiger partial charge >= 0.3 is 0 Å². The number of pyridine rings is 1. The molecule has 0 aliphatic rings. The zero-order chi connectivity index (χ0) is 23.6. The Morgan fingerprint density at radius 2 is 1.65 bits per heavy atom. The number of amides is 1. The largest absolute Gasteiger partial charge is 0.489 e. The zero-order valence-electron chi connectivity index (χ0n) is 19.1. The number of benzene rings is 3. The SMILES string of the molecule is Nc1ccc(OCc2ccccc2)c(CCCc2ccc(NC(=O)Cc3cccnc3)cc2)c1. The number of nitrogens with two attached hydrogens (primary N) is 1. The predicted octanol–water partition coefficient (Wildman–Crippen LogP) is 5.60. The Labute approximate surface area is 200 Å². The van der Waals surface area contributed by atoms with Crippen LogP contribution in [0.2, 0.25) is 0 Å². The third-order valence-corrected chi connectivity index (χ3v) is 5.56. The molecule has 0 aliphatic heterocycles. The summed E-state index contributed by atoms with van der Waals surface area (Å²) in [5, 5.41) is 2.94. The molecule has 0 fully saturated rings. The van der Waals surface area contributed by atoms with E-state index in [-0.39, 0.29) is 5.91 Å². The minimum absolute atomic E-state index is 0.0505. The lowest BCUT2D eigenvalue weighted by Gasteiger charge is -2.13. The average Bonchev–Trinajstić information content (AvgIpc) is 2.86. The number of carbonyl (C=O) groups is 1. The smallest absolute Gasteiger partial charge is 0.228 e. The standard InChI is InChI=1S/C29H29N3O2/c30-26-13-16-28(34-21-23-6-2-1-3-7-23)25(19-26)10-4-8-22-11-14-27(15-12-22)32-29(33)18-24-9-5-17-31-20-24/h1-3,5-7,9,11-17,19-20H,4,8,10,18,21,30H2,(H,32,33). The van der Waals surface area contributed by atoms with Gasteiger partial charge in [0.2, 0.25) is 5.91 Å². The Morgan fingerprint density at radius 3 is 2.41 bits per heavy atom. The van der Waals surface area contributed by atoms with Gasteiger partial charge in [0.15, 0.2) is 0 Å². The second kappa shape index (κ2) is 11.7. The van der Waals surface area contributed by atoms with E-state index in [1.54, 1.807) is 12.4 Å². The van der Waals surface area contributed by atoms with Crippen molar-refractivity contribution >= 4 is 17.3 Å². The lowest BCUT2D eigenvalue weighted by molar-refractivity contribution is -0.115. The molecule has 0 radical (unpaired) electrons. The number of hydrogen-bond acceptors (Lipinski definition) is 4. The molecule has 0 saturated carbocycles. The second-order valence-electron chi connectivity index (χ2n) is 8.28. The highest BCUT2D eigenvalue weighted by atomic mass is 16.5. The number of aryl methyl sites for hydroxylation is 2. The van der Waals surface area contributed by atoms with Gasteiger partial charge in [-0.2, -0.15) is 0 Å². The van der Waals surface area contributed by atoms with Crippen molar-refractivity contribution in [2.45, 2.75) is 32.3 Å². The van der Waals surface area contributed by atoms with Crippen LogP contribution in [0.3, 0.4) is 0 Å². The molecule has 172 valence electrons. The van der Waals surface area contributed by atoms with Crippen LogP contribution >= 0.6 is 0 Å². The molecule has 5 nitrogen and oxygen atoms in total. The van der Waals surface area contributed by atoms with Gasteiger partial charge in [-0.25, -0.2) is 0 Å². The van der Waals surface area contributed by atoms with Crippen molar-refractivity contribution in [3.8, 4) is 5.75 Å². The molecule has 0 aliphatic carbocycles. The fraction of sp³-hybridized carbons (Fsp3) is 0.172. The molecule has 5 heteroatoms. The van der Waals surface area contributed by atoms with E-state index < -0.39 is 0 Å². The van der Waals surface area contributed by atoms with Crippen LogP contribution in [0.15, 0.2) is 97.3 Å². The summed E-state index contributed by atoms with van der Waals surface area (Å²) in [7, 11) is 0. The van der Waals surface area contributed by atoms with Gasteiger partial charge < -0.3 is 15.8 Å². The molecule has 4 rings (SSSR count). The topological polar surface area (TPSA) is 77.2 Å². The predicted molar refractivity (Wildman–Crippen MR) is 137 cm³/mol. The van der Waals surface area contributed by atoms with Gasteiger partial charge in [-0.1, -0.05) is 48.5 Å². The number of hydrogen-bond donors (Lipinski definition) is 2. The number of nitrogen functional groups attached to an aromatic ring is 1. The molecular weight excluding hydrogens is 422 g/mol. The van der Waals surface area contributed by atoms with E-state index in [9.17, 15) is 4.79 Å². The Hall–Kier alpha value is -4.12. The number of rotatable bonds is 10. The van der Waals surface area contributed by atoms with Crippen molar-refractivity contribution in [1.82, 2.24) is 4.98 Å². The maximum absolute atomic E-state index is 12.2. The third-order valence-electron chi connectivity index (χ3n) is 5.56. The summed E-state index contributed by atoms with van der Waals surface area (Å²) in [6.07, 6.45) is 6.49. The van der Waals surface area contributed by atoms with Crippen LogP contribution in [0.25, 0.3) is 0 Å². The zero-order valence-corrected chi connectivity index (χ0v) is 19.1. The van der Waals surface area contributed by atoms with Gasteiger partial charge in [0, 0.05) is 23.8 Å². The summed E-state index contributed by atoms with van der Waals surface area (Å²) in [6, 6.07) is 27.7. The quantitative estimate of drug-likeness (QED) is 0.308. The molecule has 0 saturated heterocycles. The van der Waals surface area contributed by atoms with E-state index in [0.29, 0.717) is 13.0 Å². The van der Waals surface area contributed by atoms with Crippen LogP contribution < -0.4 is 15.8 Å². The number of ether oxygens (including phenoxy) is 1. The lowest BCUT2D eigenvalue weighted by Crippen LogP contribution is -2.14. The summed E-state index contributed by atoms with van der Waals surface area (Å²) < 4.78 is 6.08. The molecule has 3 N–H and O–H groups in total. The summed E-state index contributed by atoms with van der Waals surface area (Å²) in [5.74, 6) is 0.829. The van der Waals surface area contributed by atoms with Crippen LogP contribution in [-0.4, -0.2) is 10.9 Å². The van der Waals surface area contributed by atoms with Gasteiger partial charge in [0.05, 0.1) is 6.42 Å². The first kappa shape index (κ1) is 23.1. The molecule has 1 amide bonds. The van der Waals surface area contributed by atoms with E-state index in [1.807, 2.05) is 60.7 Å². The number of carbonyl (C=O) groups excluding carboxylic acids is 1. The van der Waals surface area contributed by atoms with Crippen LogP contribution in [0.4, 0.5) is 11.4 Å². The Balaban J connectivity index is 1.28. The molecular formula is C29H29N3O2. The van der Waals surface area contributed by atoms with Crippen LogP contribution in [0.5, 0.6) is 5.75 Å². The maximum atomic E-state index is 12.2. The minimum Gasteiger partial charge on any atom is -0.489 e. The molecule has 0 unspecified atom stereocenters. The van der Waals surface area contributed by atoms with Gasteiger partial charge in [-0.15, -0.1) is 0 Å². The highest BCUT2D eigenvalue weighted by molar-refractivity contribution is 5.92. The molecule has 4 aromatic rings. The van der Waals surface area contributed by atoms with Gasteiger partial charge in [-0.05, 0) is 77.9 Å². The maximum Gasteiger partial charge on any atom is 0.228 e. The van der Waals surface area contributed by atoms with E-state index in [0.717, 1.165) is 53.1 Å². The summed E-state index contributed by atoms with van der Waals surface area (Å²) in [6.45, 7) is 0.533. The van der Waals surface area contributed by atoms with Gasteiger partial charge in [0.1, 0.15) is 12.4 Å². The van der Waals surface area contributed by atoms with Crippen LogP contribution in [-0.2, 0) is 30.7 Å². The van der Waals surface area contributed by atoms with Crippen molar-refractivity contribution in [1.29, 1.82) is 0 Å². The second-order valence-corrected chi connectivity index (χ2v) is 8.28. The highest BCUT2D eigenvalue weighted by Crippen LogP contribution is 2.25. The molecule has 3 aromatic carbocycles. The summed E-state index contributed by atoms with van der Waals surface area (Å²) in [4.78, 5) is 16.3. The Kier molecular flexibility index (Phi) is 7.90. The van der Waals surface area contributed by atoms with Crippen molar-refractivity contribution in [3.63, 3.8) is 0 Å². The van der Waals surface area contributed by atoms with Crippen LogP contribution in [0, 0.1) is 0 Å². The molecule has 1 heterocycles. The number of nitrogens with zero attached hydrogens (tertiary/aromatic N) is 1. The lowest BCUT2D eigenvalue weighted by atomic mass is 10.0. The molecule has 0 spiro atoms. The first-order valence-corrected chi connectivity index (χ1v) is 11.5. The average molecular weight is 452 g/mol. The van der Waals surface area contributed by atoms with Gasteiger partial charge in [0.25, 0.3) is 0 Å². The van der Waals surface area contributed by atoms with E-state index in [2.05, 4.69) is 34.6 Å². The van der Waals surface area contributed by atoms with E-state index >= 15 is 0 Å². The summed E-state index contributed by atoms with van der Waals surface area (Å²) in [5.41, 5.74) is 11.9. The first-order valence-electron chi connectivity index (χ1n) is 11.5. The van der Waals surface area contributed by atoms with Crippen molar-refractivity contribution < 1.29 is 9.53 Å². The van der Waals surface area contributed by atoms with Crippen molar-refractivity contribution in [3.05, 3.63) is 120 Å². The fourth-order valence-electron chi connectivity index (χ4n) is 3.80. The number of nitrogens with one attached hydrogen (secondary N) is 1.